The van der Waals surface area contributed by atoms with Gasteiger partial charge in [-0.05, 0) is 17.7 Å². The minimum Gasteiger partial charge on any atom is -0.480 e. The number of carboxylic acid groups (broad SMARTS) is 1. The highest BCUT2D eigenvalue weighted by Crippen LogP contribution is 2.02. The molecule has 1 aromatic rings. The van der Waals surface area contributed by atoms with E-state index < -0.39 is 18.5 Å². The molecule has 0 aliphatic heterocycles. The largest absolute Gasteiger partial charge is 0.480 e. The molecule has 0 unspecified atom stereocenters. The summed E-state index contributed by atoms with van der Waals surface area (Å²) in [6, 6.07) is 5.82. The van der Waals surface area contributed by atoms with Crippen LogP contribution in [0.5, 0.6) is 0 Å². The number of nitrogens with one attached hydrogen (secondary N) is 1. The van der Waals surface area contributed by atoms with Gasteiger partial charge in [-0.3, -0.25) is 4.79 Å². The fraction of sp³-hybridized carbons (Fsp3) is 0.273. The van der Waals surface area contributed by atoms with E-state index in [0.29, 0.717) is 5.56 Å². The van der Waals surface area contributed by atoms with E-state index in [0.717, 1.165) is 0 Å². The second kappa shape index (κ2) is 6.59. The highest BCUT2D eigenvalue weighted by atomic mass is 19.1. The Bertz CT molecular complexity index is 408. The van der Waals surface area contributed by atoms with E-state index >= 15 is 0 Å². The number of amides is 1. The van der Waals surface area contributed by atoms with Crippen molar-refractivity contribution in [1.29, 1.82) is 0 Å². The topological polar surface area (TPSA) is 75.6 Å². The molecule has 1 aromatic carbocycles. The molecule has 0 aliphatic rings. The molecule has 0 saturated heterocycles. The summed E-state index contributed by atoms with van der Waals surface area (Å²) in [5.41, 5.74) is 0.622. The number of carbonyl (C=O) groups is 2. The van der Waals surface area contributed by atoms with Gasteiger partial charge < -0.3 is 15.2 Å². The molecule has 5 nitrogen and oxygen atoms in total. The van der Waals surface area contributed by atoms with Crippen LogP contribution < -0.4 is 5.32 Å². The van der Waals surface area contributed by atoms with Crippen LogP contribution in [0.1, 0.15) is 5.56 Å². The minimum atomic E-state index is -1.14. The Balaban J connectivity index is 2.26. The lowest BCUT2D eigenvalue weighted by Gasteiger charge is -2.05. The van der Waals surface area contributed by atoms with Crippen molar-refractivity contribution in [3.8, 4) is 0 Å². The van der Waals surface area contributed by atoms with Gasteiger partial charge in [0.25, 0.3) is 0 Å². The molecule has 92 valence electrons. The van der Waals surface area contributed by atoms with Crippen LogP contribution >= 0.6 is 0 Å². The molecular formula is C11H12FNO4. The normalized spacial score (nSPS) is 9.94. The maximum atomic E-state index is 12.8. The van der Waals surface area contributed by atoms with Crippen molar-refractivity contribution in [3.63, 3.8) is 0 Å². The fourth-order valence-corrected chi connectivity index (χ4v) is 1.13. The number of ether oxygens (including phenoxy) is 1. The average Bonchev–Trinajstić information content (AvgIpc) is 2.26. The molecule has 17 heavy (non-hydrogen) atoms. The molecule has 0 aromatic heterocycles. The zero-order valence-corrected chi connectivity index (χ0v) is 8.98. The SMILES string of the molecule is O=C(O)COCC(=O)NCc1cccc(F)c1. The number of aliphatic carboxylic acids is 1. The standard InChI is InChI=1S/C11H12FNO4/c12-9-3-1-2-8(4-9)5-13-10(14)6-17-7-11(15)16/h1-4H,5-7H2,(H,13,14)(H,15,16). The number of hydrogen-bond donors (Lipinski definition) is 2. The molecule has 0 aliphatic carbocycles. The van der Waals surface area contributed by atoms with Gasteiger partial charge in [0, 0.05) is 6.54 Å². The van der Waals surface area contributed by atoms with Gasteiger partial charge in [0.1, 0.15) is 19.0 Å². The summed E-state index contributed by atoms with van der Waals surface area (Å²) in [7, 11) is 0. The van der Waals surface area contributed by atoms with Crippen LogP contribution in [0.25, 0.3) is 0 Å². The summed E-state index contributed by atoms with van der Waals surface area (Å²) in [6.07, 6.45) is 0. The van der Waals surface area contributed by atoms with Gasteiger partial charge in [-0.25, -0.2) is 9.18 Å². The van der Waals surface area contributed by atoms with E-state index in [2.05, 4.69) is 10.1 Å². The summed E-state index contributed by atoms with van der Waals surface area (Å²) in [6.45, 7) is -0.679. The van der Waals surface area contributed by atoms with Crippen LogP contribution in [0.2, 0.25) is 0 Å². The van der Waals surface area contributed by atoms with E-state index in [-0.39, 0.29) is 19.0 Å². The Kier molecular flexibility index (Phi) is 5.09. The quantitative estimate of drug-likeness (QED) is 0.762. The van der Waals surface area contributed by atoms with Crippen molar-refractivity contribution >= 4 is 11.9 Å². The molecule has 1 amide bonds. The molecule has 0 saturated carbocycles. The first-order valence-corrected chi connectivity index (χ1v) is 4.88. The molecule has 0 atom stereocenters. The molecular weight excluding hydrogens is 229 g/mol. The fourth-order valence-electron chi connectivity index (χ4n) is 1.13. The predicted octanol–water partition coefficient (Wildman–Crippen LogP) is 0.543. The van der Waals surface area contributed by atoms with E-state index in [1.54, 1.807) is 6.07 Å². The first kappa shape index (κ1) is 13.1. The molecule has 0 spiro atoms. The van der Waals surface area contributed by atoms with Gasteiger partial charge in [-0.1, -0.05) is 12.1 Å². The molecule has 0 heterocycles. The third-order valence-electron chi connectivity index (χ3n) is 1.84. The Morgan fingerprint density at radius 2 is 2.12 bits per heavy atom. The average molecular weight is 241 g/mol. The first-order valence-electron chi connectivity index (χ1n) is 4.88. The molecule has 0 fully saturated rings. The van der Waals surface area contributed by atoms with E-state index in [1.165, 1.54) is 18.2 Å². The molecule has 1 rings (SSSR count). The van der Waals surface area contributed by atoms with E-state index in [4.69, 9.17) is 5.11 Å². The zero-order chi connectivity index (χ0) is 12.7. The van der Waals surface area contributed by atoms with Crippen molar-refractivity contribution in [3.05, 3.63) is 35.6 Å². The zero-order valence-electron chi connectivity index (χ0n) is 8.98. The van der Waals surface area contributed by atoms with Crippen LogP contribution in [0.3, 0.4) is 0 Å². The Morgan fingerprint density at radius 1 is 1.35 bits per heavy atom. The molecule has 0 radical (unpaired) electrons. The minimum absolute atomic E-state index is 0.174. The number of hydrogen-bond acceptors (Lipinski definition) is 3. The van der Waals surface area contributed by atoms with Gasteiger partial charge in [0.15, 0.2) is 0 Å². The van der Waals surface area contributed by atoms with Gasteiger partial charge in [0.2, 0.25) is 5.91 Å². The van der Waals surface area contributed by atoms with Gasteiger partial charge in [-0.15, -0.1) is 0 Å². The number of carbonyl (C=O) groups excluding carboxylic acids is 1. The van der Waals surface area contributed by atoms with Crippen LogP contribution in [0.15, 0.2) is 24.3 Å². The van der Waals surface area contributed by atoms with Crippen LogP contribution in [0, 0.1) is 5.82 Å². The maximum absolute atomic E-state index is 12.8. The summed E-state index contributed by atoms with van der Waals surface area (Å²) in [4.78, 5) is 21.3. The van der Waals surface area contributed by atoms with Gasteiger partial charge >= 0.3 is 5.97 Å². The number of halogens is 1. The monoisotopic (exact) mass is 241 g/mol. The summed E-state index contributed by atoms with van der Waals surface area (Å²) < 4.78 is 17.4. The second-order valence-corrected chi connectivity index (χ2v) is 3.29. The molecule has 6 heteroatoms. The highest BCUT2D eigenvalue weighted by Gasteiger charge is 2.03. The lowest BCUT2D eigenvalue weighted by Crippen LogP contribution is -2.28. The summed E-state index contributed by atoms with van der Waals surface area (Å²) in [5, 5.41) is 10.7. The Labute approximate surface area is 97.2 Å². The smallest absolute Gasteiger partial charge is 0.329 e. The van der Waals surface area contributed by atoms with E-state index in [1.807, 2.05) is 0 Å². The van der Waals surface area contributed by atoms with Crippen molar-refractivity contribution < 1.29 is 23.8 Å². The third kappa shape index (κ3) is 5.62. The van der Waals surface area contributed by atoms with E-state index in [9.17, 15) is 14.0 Å². The van der Waals surface area contributed by atoms with Crippen molar-refractivity contribution in [2.24, 2.45) is 0 Å². The number of carboxylic acids is 1. The Morgan fingerprint density at radius 3 is 2.76 bits per heavy atom. The van der Waals surface area contributed by atoms with Crippen LogP contribution in [-0.2, 0) is 20.9 Å². The second-order valence-electron chi connectivity index (χ2n) is 3.29. The number of rotatable bonds is 6. The summed E-state index contributed by atoms with van der Waals surface area (Å²) >= 11 is 0. The van der Waals surface area contributed by atoms with Crippen LogP contribution in [0.4, 0.5) is 4.39 Å². The van der Waals surface area contributed by atoms with Crippen LogP contribution in [-0.4, -0.2) is 30.2 Å². The first-order chi connectivity index (χ1) is 8.08. The summed E-state index contributed by atoms with van der Waals surface area (Å²) in [5.74, 6) is -1.96. The number of benzene rings is 1. The highest BCUT2D eigenvalue weighted by molar-refractivity contribution is 5.77. The van der Waals surface area contributed by atoms with Crippen molar-refractivity contribution in [2.75, 3.05) is 13.2 Å². The Hall–Kier alpha value is -1.95. The van der Waals surface area contributed by atoms with Crippen molar-refractivity contribution in [1.82, 2.24) is 5.32 Å². The lowest BCUT2D eigenvalue weighted by atomic mass is 10.2. The lowest BCUT2D eigenvalue weighted by molar-refractivity contribution is -0.143. The maximum Gasteiger partial charge on any atom is 0.329 e. The van der Waals surface area contributed by atoms with Gasteiger partial charge in [-0.2, -0.15) is 0 Å². The predicted molar refractivity (Wildman–Crippen MR) is 56.7 cm³/mol. The molecule has 2 N–H and O–H groups in total. The third-order valence-corrected chi connectivity index (χ3v) is 1.84. The van der Waals surface area contributed by atoms with Gasteiger partial charge in [0.05, 0.1) is 0 Å². The molecule has 0 bridgehead atoms. The van der Waals surface area contributed by atoms with Crippen molar-refractivity contribution in [2.45, 2.75) is 6.54 Å².